The van der Waals surface area contributed by atoms with Crippen molar-refractivity contribution < 1.29 is 4.74 Å². The normalized spacial score (nSPS) is 17.9. The van der Waals surface area contributed by atoms with E-state index in [-0.39, 0.29) is 6.10 Å². The lowest BCUT2D eigenvalue weighted by atomic mass is 10.1. The highest BCUT2D eigenvalue weighted by atomic mass is 35.5. The lowest BCUT2D eigenvalue weighted by Crippen LogP contribution is -2.38. The predicted octanol–water partition coefficient (Wildman–Crippen LogP) is 4.66. The van der Waals surface area contributed by atoms with Crippen LogP contribution < -0.4 is 0 Å². The zero-order valence-electron chi connectivity index (χ0n) is 15.3. The van der Waals surface area contributed by atoms with E-state index in [1.165, 1.54) is 10.4 Å². The Kier molecular flexibility index (Phi) is 5.83. The van der Waals surface area contributed by atoms with Crippen molar-refractivity contribution in [3.8, 4) is 0 Å². The van der Waals surface area contributed by atoms with Gasteiger partial charge in [0.05, 0.1) is 17.3 Å². The fraction of sp³-hybridized carbons (Fsp3) is 0.333. The molecule has 140 valence electrons. The van der Waals surface area contributed by atoms with Gasteiger partial charge >= 0.3 is 0 Å². The Labute approximate surface area is 168 Å². The molecular formula is C21H22ClN3OS. The van der Waals surface area contributed by atoms with Crippen LogP contribution in [-0.4, -0.2) is 34.6 Å². The van der Waals surface area contributed by atoms with E-state index in [2.05, 4.69) is 34.1 Å². The maximum atomic E-state index is 6.10. The molecule has 0 amide bonds. The fourth-order valence-electron chi connectivity index (χ4n) is 3.36. The SMILES string of the molecule is Cc1ncc(CN2CCOC(c3cccc(Cc4cccc(Cl)c4)n3)C2)s1. The average molecular weight is 400 g/mol. The summed E-state index contributed by atoms with van der Waals surface area (Å²) in [5.41, 5.74) is 3.20. The Morgan fingerprint density at radius 3 is 2.96 bits per heavy atom. The predicted molar refractivity (Wildman–Crippen MR) is 109 cm³/mol. The van der Waals surface area contributed by atoms with Crippen LogP contribution in [0.3, 0.4) is 0 Å². The van der Waals surface area contributed by atoms with E-state index in [0.29, 0.717) is 0 Å². The number of aryl methyl sites for hydroxylation is 1. The summed E-state index contributed by atoms with van der Waals surface area (Å²) in [4.78, 5) is 12.9. The topological polar surface area (TPSA) is 38.2 Å². The first-order valence-corrected chi connectivity index (χ1v) is 10.3. The number of thiazole rings is 1. The lowest BCUT2D eigenvalue weighted by Gasteiger charge is -2.32. The van der Waals surface area contributed by atoms with Gasteiger partial charge in [-0.1, -0.05) is 29.8 Å². The summed E-state index contributed by atoms with van der Waals surface area (Å²) < 4.78 is 6.02. The molecule has 1 atom stereocenters. The third-order valence-corrected chi connectivity index (χ3v) is 5.76. The minimum atomic E-state index is 0.00656. The summed E-state index contributed by atoms with van der Waals surface area (Å²) >= 11 is 7.86. The maximum absolute atomic E-state index is 6.10. The molecule has 1 unspecified atom stereocenters. The largest absolute Gasteiger partial charge is 0.369 e. The number of nitrogens with zero attached hydrogens (tertiary/aromatic N) is 3. The zero-order chi connectivity index (χ0) is 18.6. The van der Waals surface area contributed by atoms with Crippen LogP contribution in [0.25, 0.3) is 0 Å². The maximum Gasteiger partial charge on any atom is 0.112 e. The van der Waals surface area contributed by atoms with Crippen LogP contribution in [-0.2, 0) is 17.7 Å². The number of morpholine rings is 1. The molecule has 4 rings (SSSR count). The number of hydrogen-bond acceptors (Lipinski definition) is 5. The number of hydrogen-bond donors (Lipinski definition) is 0. The number of pyridine rings is 1. The molecule has 3 heterocycles. The second-order valence-corrected chi connectivity index (χ2v) is 8.56. The molecule has 4 nitrogen and oxygen atoms in total. The summed E-state index contributed by atoms with van der Waals surface area (Å²) in [5.74, 6) is 0. The van der Waals surface area contributed by atoms with Crippen molar-refractivity contribution >= 4 is 22.9 Å². The average Bonchev–Trinajstić information content (AvgIpc) is 3.07. The van der Waals surface area contributed by atoms with Crippen LogP contribution in [0.5, 0.6) is 0 Å². The smallest absolute Gasteiger partial charge is 0.112 e. The van der Waals surface area contributed by atoms with E-state index in [0.717, 1.165) is 54.1 Å². The van der Waals surface area contributed by atoms with E-state index in [4.69, 9.17) is 21.3 Å². The van der Waals surface area contributed by atoms with Crippen LogP contribution >= 0.6 is 22.9 Å². The highest BCUT2D eigenvalue weighted by Crippen LogP contribution is 2.24. The van der Waals surface area contributed by atoms with Crippen molar-refractivity contribution in [3.63, 3.8) is 0 Å². The molecule has 1 saturated heterocycles. The monoisotopic (exact) mass is 399 g/mol. The number of benzene rings is 1. The number of rotatable bonds is 5. The van der Waals surface area contributed by atoms with Gasteiger partial charge in [-0.2, -0.15) is 0 Å². The highest BCUT2D eigenvalue weighted by Gasteiger charge is 2.23. The van der Waals surface area contributed by atoms with Gasteiger partial charge in [-0.15, -0.1) is 11.3 Å². The van der Waals surface area contributed by atoms with Crippen molar-refractivity contribution in [2.24, 2.45) is 0 Å². The van der Waals surface area contributed by atoms with E-state index in [9.17, 15) is 0 Å². The fourth-order valence-corrected chi connectivity index (χ4v) is 4.41. The van der Waals surface area contributed by atoms with Crippen LogP contribution in [0.1, 0.15) is 32.9 Å². The van der Waals surface area contributed by atoms with Crippen molar-refractivity contribution in [2.75, 3.05) is 19.7 Å². The van der Waals surface area contributed by atoms with Crippen LogP contribution in [0.4, 0.5) is 0 Å². The third kappa shape index (κ3) is 4.93. The first-order valence-electron chi connectivity index (χ1n) is 9.11. The molecule has 0 aliphatic carbocycles. The minimum Gasteiger partial charge on any atom is -0.369 e. The Morgan fingerprint density at radius 1 is 1.26 bits per heavy atom. The molecule has 3 aromatic rings. The second kappa shape index (κ2) is 8.48. The van der Waals surface area contributed by atoms with Crippen LogP contribution in [0.15, 0.2) is 48.7 Å². The van der Waals surface area contributed by atoms with Gasteiger partial charge in [-0.25, -0.2) is 4.98 Å². The van der Waals surface area contributed by atoms with Crippen LogP contribution in [0.2, 0.25) is 5.02 Å². The molecular weight excluding hydrogens is 378 g/mol. The summed E-state index contributed by atoms with van der Waals surface area (Å²) in [6.45, 7) is 5.49. The van der Waals surface area contributed by atoms with Crippen molar-refractivity contribution in [3.05, 3.63) is 80.5 Å². The first-order chi connectivity index (χ1) is 13.2. The Morgan fingerprint density at radius 2 is 2.15 bits per heavy atom. The standard InChI is InChI=1S/C21H22ClN3OS/c1-15-23-12-19(27-15)13-25-8-9-26-21(14-25)20-7-3-6-18(24-20)11-16-4-2-5-17(22)10-16/h2-7,10,12,21H,8-9,11,13-14H2,1H3. The summed E-state index contributed by atoms with van der Waals surface area (Å²) in [5, 5.41) is 1.87. The highest BCUT2D eigenvalue weighted by molar-refractivity contribution is 7.11. The van der Waals surface area contributed by atoms with Crippen molar-refractivity contribution in [1.29, 1.82) is 0 Å². The van der Waals surface area contributed by atoms with Gasteiger partial charge in [0, 0.05) is 47.8 Å². The molecule has 1 aliphatic rings. The quantitative estimate of drug-likeness (QED) is 0.625. The molecule has 6 heteroatoms. The van der Waals surface area contributed by atoms with Gasteiger partial charge in [0.15, 0.2) is 0 Å². The third-order valence-electron chi connectivity index (χ3n) is 4.63. The summed E-state index contributed by atoms with van der Waals surface area (Å²) in [6.07, 6.45) is 2.76. The molecule has 2 aromatic heterocycles. The number of halogens is 1. The lowest BCUT2D eigenvalue weighted by molar-refractivity contribution is -0.0347. The Bertz CT molecular complexity index is 914. The van der Waals surface area contributed by atoms with Gasteiger partial charge < -0.3 is 4.74 Å². The Hall–Kier alpha value is -1.79. The molecule has 0 radical (unpaired) electrons. The minimum absolute atomic E-state index is 0.00656. The summed E-state index contributed by atoms with van der Waals surface area (Å²) in [6, 6.07) is 14.1. The molecule has 1 aliphatic heterocycles. The molecule has 27 heavy (non-hydrogen) atoms. The molecule has 1 aromatic carbocycles. The van der Waals surface area contributed by atoms with Gasteiger partial charge in [0.2, 0.25) is 0 Å². The van der Waals surface area contributed by atoms with E-state index in [1.54, 1.807) is 11.3 Å². The van der Waals surface area contributed by atoms with Crippen LogP contribution in [0, 0.1) is 6.92 Å². The summed E-state index contributed by atoms with van der Waals surface area (Å²) in [7, 11) is 0. The number of aromatic nitrogens is 2. The molecule has 0 N–H and O–H groups in total. The van der Waals surface area contributed by atoms with E-state index >= 15 is 0 Å². The Balaban J connectivity index is 1.44. The first kappa shape index (κ1) is 18.6. The second-order valence-electron chi connectivity index (χ2n) is 6.80. The number of ether oxygens (including phenoxy) is 1. The van der Waals surface area contributed by atoms with Gasteiger partial charge in [0.25, 0.3) is 0 Å². The van der Waals surface area contributed by atoms with Gasteiger partial charge in [0.1, 0.15) is 6.10 Å². The van der Waals surface area contributed by atoms with Gasteiger partial charge in [-0.3, -0.25) is 9.88 Å². The zero-order valence-corrected chi connectivity index (χ0v) is 16.8. The molecule has 0 bridgehead atoms. The van der Waals surface area contributed by atoms with Crippen molar-refractivity contribution in [2.45, 2.75) is 26.0 Å². The van der Waals surface area contributed by atoms with Crippen molar-refractivity contribution in [1.82, 2.24) is 14.9 Å². The van der Waals surface area contributed by atoms with E-state index < -0.39 is 0 Å². The molecule has 0 saturated carbocycles. The molecule has 1 fully saturated rings. The molecule has 0 spiro atoms. The van der Waals surface area contributed by atoms with E-state index in [1.807, 2.05) is 31.3 Å². The van der Waals surface area contributed by atoms with Gasteiger partial charge in [-0.05, 0) is 36.8 Å².